The lowest BCUT2D eigenvalue weighted by Crippen LogP contribution is -2.48. The van der Waals surface area contributed by atoms with Crippen LogP contribution in [0, 0.1) is 0 Å². The fourth-order valence-electron chi connectivity index (χ4n) is 4.27. The second-order valence-corrected chi connectivity index (χ2v) is 8.23. The molecule has 3 heterocycles. The fraction of sp³-hybridized carbons (Fsp3) is 0.458. The van der Waals surface area contributed by atoms with E-state index in [-0.39, 0.29) is 12.0 Å². The summed E-state index contributed by atoms with van der Waals surface area (Å²) in [6.45, 7) is 5.59. The summed E-state index contributed by atoms with van der Waals surface area (Å²) in [6, 6.07) is 13.6. The maximum absolute atomic E-state index is 13.0. The second-order valence-electron chi connectivity index (χ2n) is 8.23. The van der Waals surface area contributed by atoms with Gasteiger partial charge in [0.2, 0.25) is 6.79 Å². The number of fused-ring (bicyclic) bond motifs is 1. The van der Waals surface area contributed by atoms with E-state index in [1.54, 1.807) is 0 Å². The van der Waals surface area contributed by atoms with Crippen LogP contribution in [-0.4, -0.2) is 68.0 Å². The van der Waals surface area contributed by atoms with Crippen molar-refractivity contribution in [3.05, 3.63) is 53.6 Å². The van der Waals surface area contributed by atoms with Crippen molar-refractivity contribution in [2.45, 2.75) is 25.5 Å². The normalized spacial score (nSPS) is 20.8. The number of nitrogens with zero attached hydrogens (tertiary/aromatic N) is 2. The zero-order valence-corrected chi connectivity index (χ0v) is 17.6. The molecule has 0 saturated carbocycles. The van der Waals surface area contributed by atoms with Crippen LogP contribution in [0.15, 0.2) is 42.5 Å². The zero-order valence-electron chi connectivity index (χ0n) is 17.6. The van der Waals surface area contributed by atoms with E-state index in [0.717, 1.165) is 56.3 Å². The van der Waals surface area contributed by atoms with Crippen LogP contribution in [0.3, 0.4) is 0 Å². The largest absolute Gasteiger partial charge is 0.491 e. The number of hydrogen-bond acceptors (Lipinski definition) is 6. The Morgan fingerprint density at radius 3 is 2.74 bits per heavy atom. The lowest BCUT2D eigenvalue weighted by atomic mass is 10.1. The van der Waals surface area contributed by atoms with Gasteiger partial charge >= 0.3 is 0 Å². The molecule has 3 aliphatic rings. The van der Waals surface area contributed by atoms with Crippen molar-refractivity contribution >= 4 is 5.91 Å². The van der Waals surface area contributed by atoms with Gasteiger partial charge in [0.1, 0.15) is 12.4 Å². The van der Waals surface area contributed by atoms with Crippen molar-refractivity contribution in [1.29, 1.82) is 0 Å². The third-order valence-electron chi connectivity index (χ3n) is 6.04. The van der Waals surface area contributed by atoms with Crippen LogP contribution in [-0.2, 0) is 11.3 Å². The van der Waals surface area contributed by atoms with Gasteiger partial charge in [0, 0.05) is 44.9 Å². The molecule has 5 rings (SSSR count). The van der Waals surface area contributed by atoms with E-state index in [2.05, 4.69) is 11.0 Å². The molecule has 2 aromatic rings. The highest BCUT2D eigenvalue weighted by Gasteiger charge is 2.23. The number of piperazine rings is 1. The molecule has 3 aliphatic heterocycles. The zero-order chi connectivity index (χ0) is 21.0. The molecule has 0 spiro atoms. The van der Waals surface area contributed by atoms with Crippen molar-refractivity contribution < 1.29 is 23.7 Å². The minimum absolute atomic E-state index is 0.0605. The highest BCUT2D eigenvalue weighted by molar-refractivity contribution is 5.94. The molecule has 0 unspecified atom stereocenters. The van der Waals surface area contributed by atoms with Crippen LogP contribution >= 0.6 is 0 Å². The molecule has 0 radical (unpaired) electrons. The number of carbonyl (C=O) groups excluding carboxylic acids is 1. The number of ether oxygens (including phenoxy) is 4. The summed E-state index contributed by atoms with van der Waals surface area (Å²) in [5, 5.41) is 0. The first-order valence-electron chi connectivity index (χ1n) is 11.0. The molecule has 2 saturated heterocycles. The van der Waals surface area contributed by atoms with Crippen molar-refractivity contribution in [3.8, 4) is 17.2 Å². The maximum atomic E-state index is 13.0. The Labute approximate surface area is 182 Å². The second kappa shape index (κ2) is 9.16. The minimum atomic E-state index is 0.0605. The van der Waals surface area contributed by atoms with Crippen LogP contribution in [0.5, 0.6) is 17.2 Å². The van der Waals surface area contributed by atoms with Gasteiger partial charge in [-0.05, 0) is 48.7 Å². The average molecular weight is 424 g/mol. The molecular formula is C24H28N2O5. The summed E-state index contributed by atoms with van der Waals surface area (Å²) in [7, 11) is 0. The predicted octanol–water partition coefficient (Wildman–Crippen LogP) is 2.93. The average Bonchev–Trinajstić information content (AvgIpc) is 3.50. The highest BCUT2D eigenvalue weighted by atomic mass is 16.7. The number of carbonyl (C=O) groups is 1. The topological polar surface area (TPSA) is 60.5 Å². The SMILES string of the molecule is O=C(c1cccc(OC[C@H]2CCCO2)c1)N1CCN(Cc2ccc3c(c2)OCO3)CC1. The summed E-state index contributed by atoms with van der Waals surface area (Å²) in [4.78, 5) is 17.3. The van der Waals surface area contributed by atoms with Crippen LogP contribution in [0.25, 0.3) is 0 Å². The standard InChI is InChI=1S/C24H28N2O5/c27-24(19-3-1-4-20(14-19)29-16-21-5-2-12-28-21)26-10-8-25(9-11-26)15-18-6-7-22-23(13-18)31-17-30-22/h1,3-4,6-7,13-14,21H,2,5,8-12,15-17H2/t21-/m1/s1. The van der Waals surface area contributed by atoms with Gasteiger partial charge in [-0.15, -0.1) is 0 Å². The monoisotopic (exact) mass is 424 g/mol. The van der Waals surface area contributed by atoms with Gasteiger partial charge in [0.25, 0.3) is 5.91 Å². The highest BCUT2D eigenvalue weighted by Crippen LogP contribution is 2.33. The Morgan fingerprint density at radius 1 is 1.03 bits per heavy atom. The predicted molar refractivity (Wildman–Crippen MR) is 115 cm³/mol. The third kappa shape index (κ3) is 4.78. The molecule has 31 heavy (non-hydrogen) atoms. The van der Waals surface area contributed by atoms with Crippen molar-refractivity contribution in [1.82, 2.24) is 9.80 Å². The van der Waals surface area contributed by atoms with E-state index >= 15 is 0 Å². The Kier molecular flexibility index (Phi) is 5.95. The molecule has 0 bridgehead atoms. The van der Waals surface area contributed by atoms with Crippen LogP contribution in [0.1, 0.15) is 28.8 Å². The molecule has 2 aromatic carbocycles. The van der Waals surface area contributed by atoms with Crippen molar-refractivity contribution in [2.24, 2.45) is 0 Å². The number of amides is 1. The molecule has 2 fully saturated rings. The lowest BCUT2D eigenvalue weighted by molar-refractivity contribution is 0.0625. The quantitative estimate of drug-likeness (QED) is 0.711. The van der Waals surface area contributed by atoms with Gasteiger partial charge < -0.3 is 23.8 Å². The summed E-state index contributed by atoms with van der Waals surface area (Å²) in [5.74, 6) is 2.40. The van der Waals surface area contributed by atoms with Gasteiger partial charge in [-0.25, -0.2) is 0 Å². The van der Waals surface area contributed by atoms with E-state index in [1.807, 2.05) is 41.3 Å². The van der Waals surface area contributed by atoms with Crippen LogP contribution in [0.2, 0.25) is 0 Å². The molecule has 1 atom stereocenters. The van der Waals surface area contributed by atoms with Gasteiger partial charge in [-0.2, -0.15) is 0 Å². The number of rotatable bonds is 6. The molecule has 0 aliphatic carbocycles. The molecule has 0 N–H and O–H groups in total. The van der Waals surface area contributed by atoms with Crippen LogP contribution < -0.4 is 14.2 Å². The Morgan fingerprint density at radius 2 is 1.90 bits per heavy atom. The molecular weight excluding hydrogens is 396 g/mol. The van der Waals surface area contributed by atoms with Crippen molar-refractivity contribution in [3.63, 3.8) is 0 Å². The van der Waals surface area contributed by atoms with Crippen molar-refractivity contribution in [2.75, 3.05) is 46.2 Å². The first-order chi connectivity index (χ1) is 15.2. The Balaban J connectivity index is 1.13. The minimum Gasteiger partial charge on any atom is -0.491 e. The summed E-state index contributed by atoms with van der Waals surface area (Å²) in [5.41, 5.74) is 1.87. The van der Waals surface area contributed by atoms with E-state index in [0.29, 0.717) is 32.1 Å². The fourth-order valence-corrected chi connectivity index (χ4v) is 4.27. The Hall–Kier alpha value is -2.77. The van der Waals surface area contributed by atoms with E-state index in [1.165, 1.54) is 5.56 Å². The summed E-state index contributed by atoms with van der Waals surface area (Å²) < 4.78 is 22.3. The smallest absolute Gasteiger partial charge is 0.254 e. The molecule has 1 amide bonds. The molecule has 0 aromatic heterocycles. The van der Waals surface area contributed by atoms with Gasteiger partial charge in [0.05, 0.1) is 6.10 Å². The lowest BCUT2D eigenvalue weighted by Gasteiger charge is -2.34. The van der Waals surface area contributed by atoms with E-state index in [4.69, 9.17) is 18.9 Å². The Bertz CT molecular complexity index is 920. The number of hydrogen-bond donors (Lipinski definition) is 0. The first-order valence-corrected chi connectivity index (χ1v) is 11.0. The molecule has 164 valence electrons. The van der Waals surface area contributed by atoms with Crippen LogP contribution in [0.4, 0.5) is 0 Å². The number of benzene rings is 2. The van der Waals surface area contributed by atoms with E-state index in [9.17, 15) is 4.79 Å². The maximum Gasteiger partial charge on any atom is 0.254 e. The van der Waals surface area contributed by atoms with Gasteiger partial charge in [-0.3, -0.25) is 9.69 Å². The third-order valence-corrected chi connectivity index (χ3v) is 6.04. The van der Waals surface area contributed by atoms with Gasteiger partial charge in [-0.1, -0.05) is 12.1 Å². The summed E-state index contributed by atoms with van der Waals surface area (Å²) >= 11 is 0. The molecule has 7 heteroatoms. The van der Waals surface area contributed by atoms with Gasteiger partial charge in [0.15, 0.2) is 11.5 Å². The summed E-state index contributed by atoms with van der Waals surface area (Å²) in [6.07, 6.45) is 2.29. The first kappa shape index (κ1) is 20.2. The van der Waals surface area contributed by atoms with E-state index < -0.39 is 0 Å². The molecule has 7 nitrogen and oxygen atoms in total.